The molecule has 4 aromatic rings. The van der Waals surface area contributed by atoms with E-state index in [1.54, 1.807) is 30.4 Å². The van der Waals surface area contributed by atoms with Crippen LogP contribution >= 0.6 is 0 Å². The van der Waals surface area contributed by atoms with Gasteiger partial charge in [0.2, 0.25) is 5.95 Å². The molecule has 0 aliphatic heterocycles. The monoisotopic (exact) mass is 427 g/mol. The van der Waals surface area contributed by atoms with Crippen molar-refractivity contribution in [3.05, 3.63) is 55.4 Å². The van der Waals surface area contributed by atoms with Gasteiger partial charge in [0.05, 0.1) is 44.2 Å². The molecular formula is C23H21N7O2. The van der Waals surface area contributed by atoms with Crippen LogP contribution in [0.4, 0.5) is 11.6 Å². The van der Waals surface area contributed by atoms with Gasteiger partial charge in [0.1, 0.15) is 5.69 Å². The zero-order valence-electron chi connectivity index (χ0n) is 17.5. The molecular weight excluding hydrogens is 406 g/mol. The minimum Gasteiger partial charge on any atom is -0.493 e. The van der Waals surface area contributed by atoms with Crippen LogP contribution in [0.15, 0.2) is 59.9 Å². The first-order chi connectivity index (χ1) is 15.7. The van der Waals surface area contributed by atoms with Crippen molar-refractivity contribution < 1.29 is 9.15 Å². The van der Waals surface area contributed by atoms with Gasteiger partial charge in [0.15, 0.2) is 17.9 Å². The molecule has 160 valence electrons. The summed E-state index contributed by atoms with van der Waals surface area (Å²) in [5.74, 6) is 2.13. The number of hydrogen-bond donors (Lipinski definition) is 1. The maximum absolute atomic E-state index is 9.41. The van der Waals surface area contributed by atoms with Crippen LogP contribution < -0.4 is 10.1 Å². The van der Waals surface area contributed by atoms with Gasteiger partial charge < -0.3 is 14.5 Å². The van der Waals surface area contributed by atoms with E-state index >= 15 is 0 Å². The zero-order chi connectivity index (χ0) is 21.9. The summed E-state index contributed by atoms with van der Waals surface area (Å²) < 4.78 is 12.6. The molecule has 9 nitrogen and oxygen atoms in total. The Bertz CT molecular complexity index is 1260. The molecule has 5 rings (SSSR count). The fourth-order valence-electron chi connectivity index (χ4n) is 3.61. The number of benzene rings is 1. The average molecular weight is 427 g/mol. The normalized spacial score (nSPS) is 14.0. The Balaban J connectivity index is 1.39. The molecule has 1 N–H and O–H groups in total. The molecule has 0 bridgehead atoms. The van der Waals surface area contributed by atoms with Crippen LogP contribution in [0.5, 0.6) is 5.75 Å². The average Bonchev–Trinajstić information content (AvgIpc) is 3.32. The van der Waals surface area contributed by atoms with Crippen molar-refractivity contribution in [3.8, 4) is 34.4 Å². The lowest BCUT2D eigenvalue weighted by atomic mass is 10.1. The Morgan fingerprint density at radius 3 is 2.94 bits per heavy atom. The largest absolute Gasteiger partial charge is 0.493 e. The summed E-state index contributed by atoms with van der Waals surface area (Å²) >= 11 is 0. The topological polar surface area (TPSA) is 115 Å². The molecule has 3 heterocycles. The Labute approximate surface area is 184 Å². The lowest BCUT2D eigenvalue weighted by Crippen LogP contribution is -2.11. The summed E-state index contributed by atoms with van der Waals surface area (Å²) in [7, 11) is 1.58. The van der Waals surface area contributed by atoms with Gasteiger partial charge >= 0.3 is 0 Å². The number of nitriles is 1. The van der Waals surface area contributed by atoms with Crippen molar-refractivity contribution in [2.75, 3.05) is 12.4 Å². The molecule has 0 amide bonds. The van der Waals surface area contributed by atoms with Gasteiger partial charge in [-0.2, -0.15) is 10.4 Å². The van der Waals surface area contributed by atoms with Crippen molar-refractivity contribution in [1.82, 2.24) is 24.7 Å². The Kier molecular flexibility index (Phi) is 5.25. The third kappa shape index (κ3) is 4.16. The molecule has 3 aromatic heterocycles. The fraction of sp³-hybridized carbons (Fsp3) is 0.261. The molecule has 1 aliphatic rings. The third-order valence-corrected chi connectivity index (χ3v) is 5.46. The predicted octanol–water partition coefficient (Wildman–Crippen LogP) is 4.30. The second-order valence-electron chi connectivity index (χ2n) is 7.71. The second kappa shape index (κ2) is 8.51. The molecule has 0 spiro atoms. The number of rotatable bonds is 8. The summed E-state index contributed by atoms with van der Waals surface area (Å²) in [5, 5.41) is 17.1. The van der Waals surface area contributed by atoms with Crippen LogP contribution in [0, 0.1) is 23.2 Å². The van der Waals surface area contributed by atoms with Gasteiger partial charge in [-0.05, 0) is 30.9 Å². The van der Waals surface area contributed by atoms with Gasteiger partial charge in [-0.15, -0.1) is 0 Å². The van der Waals surface area contributed by atoms with E-state index in [1.165, 1.54) is 6.39 Å². The molecule has 1 aromatic carbocycles. The molecule has 1 aliphatic carbocycles. The number of methoxy groups -OCH3 is 1. The van der Waals surface area contributed by atoms with E-state index < -0.39 is 0 Å². The standard InChI is InChI=1S/C23H21N7O2/c1-31-21-11-26-23(28-19-4-2-3-16(7-19)20-10-25-14-32-20)29-22(21)18-9-27-30(13-18)12-17(8-24)15-5-6-15/h2-4,7,9-11,13-15,17H,5-6,12H2,1H3,(H,26,28,29). The first kappa shape index (κ1) is 19.8. The first-order valence-corrected chi connectivity index (χ1v) is 10.3. The molecule has 1 unspecified atom stereocenters. The number of anilines is 2. The molecule has 1 fully saturated rings. The molecule has 9 heteroatoms. The van der Waals surface area contributed by atoms with Crippen molar-refractivity contribution in [1.29, 1.82) is 5.26 Å². The van der Waals surface area contributed by atoms with Crippen LogP contribution in [0.1, 0.15) is 12.8 Å². The van der Waals surface area contributed by atoms with E-state index in [0.29, 0.717) is 35.6 Å². The van der Waals surface area contributed by atoms with Gasteiger partial charge in [-0.1, -0.05) is 12.1 Å². The third-order valence-electron chi connectivity index (χ3n) is 5.46. The van der Waals surface area contributed by atoms with Crippen molar-refractivity contribution in [2.45, 2.75) is 19.4 Å². The van der Waals surface area contributed by atoms with Gasteiger partial charge in [0.25, 0.3) is 0 Å². The Morgan fingerprint density at radius 1 is 1.28 bits per heavy atom. The number of aromatic nitrogens is 5. The molecule has 0 saturated heterocycles. The van der Waals surface area contributed by atoms with Crippen LogP contribution in [-0.4, -0.2) is 31.8 Å². The van der Waals surface area contributed by atoms with Gasteiger partial charge in [-0.25, -0.2) is 15.0 Å². The fourth-order valence-corrected chi connectivity index (χ4v) is 3.61. The van der Waals surface area contributed by atoms with E-state index in [-0.39, 0.29) is 5.92 Å². The predicted molar refractivity (Wildman–Crippen MR) is 117 cm³/mol. The van der Waals surface area contributed by atoms with E-state index in [4.69, 9.17) is 9.15 Å². The minimum atomic E-state index is -0.0103. The van der Waals surface area contributed by atoms with E-state index in [1.807, 2.05) is 30.5 Å². The van der Waals surface area contributed by atoms with Crippen LogP contribution in [0.2, 0.25) is 0 Å². The molecule has 32 heavy (non-hydrogen) atoms. The van der Waals surface area contributed by atoms with Crippen molar-refractivity contribution >= 4 is 11.6 Å². The quantitative estimate of drug-likeness (QED) is 0.443. The van der Waals surface area contributed by atoms with Gasteiger partial charge in [-0.3, -0.25) is 4.68 Å². The highest BCUT2D eigenvalue weighted by Gasteiger charge is 2.31. The number of ether oxygens (including phenoxy) is 1. The maximum Gasteiger partial charge on any atom is 0.227 e. The minimum absolute atomic E-state index is 0.0103. The Morgan fingerprint density at radius 2 is 2.19 bits per heavy atom. The van der Waals surface area contributed by atoms with Crippen LogP contribution in [0.3, 0.4) is 0 Å². The summed E-state index contributed by atoms with van der Waals surface area (Å²) in [4.78, 5) is 13.0. The van der Waals surface area contributed by atoms with Crippen molar-refractivity contribution in [2.24, 2.45) is 11.8 Å². The highest BCUT2D eigenvalue weighted by molar-refractivity contribution is 5.69. The van der Waals surface area contributed by atoms with Gasteiger partial charge in [0, 0.05) is 23.0 Å². The highest BCUT2D eigenvalue weighted by Crippen LogP contribution is 2.37. The van der Waals surface area contributed by atoms with E-state index in [0.717, 1.165) is 29.7 Å². The highest BCUT2D eigenvalue weighted by atomic mass is 16.5. The van der Waals surface area contributed by atoms with Crippen LogP contribution in [-0.2, 0) is 6.54 Å². The number of oxazole rings is 1. The van der Waals surface area contributed by atoms with E-state index in [2.05, 4.69) is 31.4 Å². The number of nitrogens with zero attached hydrogens (tertiary/aromatic N) is 6. The summed E-state index contributed by atoms with van der Waals surface area (Å²) in [6.45, 7) is 0.577. The lowest BCUT2D eigenvalue weighted by Gasteiger charge is -2.10. The second-order valence-corrected chi connectivity index (χ2v) is 7.71. The molecule has 0 radical (unpaired) electrons. The Hall–Kier alpha value is -4.19. The molecule has 1 saturated carbocycles. The number of nitrogens with one attached hydrogen (secondary N) is 1. The van der Waals surface area contributed by atoms with Crippen LogP contribution in [0.25, 0.3) is 22.6 Å². The number of hydrogen-bond acceptors (Lipinski definition) is 8. The summed E-state index contributed by atoms with van der Waals surface area (Å²) in [6.07, 6.45) is 10.6. The summed E-state index contributed by atoms with van der Waals surface area (Å²) in [6, 6.07) is 10.1. The van der Waals surface area contributed by atoms with E-state index in [9.17, 15) is 5.26 Å². The maximum atomic E-state index is 9.41. The van der Waals surface area contributed by atoms with Crippen molar-refractivity contribution in [3.63, 3.8) is 0 Å². The SMILES string of the molecule is COc1cnc(Nc2cccc(-c3cnco3)c2)nc1-c1cnn(CC(C#N)C2CC2)c1. The summed E-state index contributed by atoms with van der Waals surface area (Å²) in [5.41, 5.74) is 3.13. The first-order valence-electron chi connectivity index (χ1n) is 10.3. The molecule has 1 atom stereocenters. The lowest BCUT2D eigenvalue weighted by molar-refractivity contribution is 0.413. The smallest absolute Gasteiger partial charge is 0.227 e. The zero-order valence-corrected chi connectivity index (χ0v) is 17.5.